The summed E-state index contributed by atoms with van der Waals surface area (Å²) in [7, 11) is 0. The van der Waals surface area contributed by atoms with Gasteiger partial charge in [0.15, 0.2) is 0 Å². The first-order chi connectivity index (χ1) is 8.15. The summed E-state index contributed by atoms with van der Waals surface area (Å²) in [6.45, 7) is 2.37. The molecule has 1 aromatic heterocycles. The van der Waals surface area contributed by atoms with Gasteiger partial charge in [-0.2, -0.15) is 0 Å². The Bertz CT molecular complexity index is 531. The highest BCUT2D eigenvalue weighted by molar-refractivity contribution is 6.28. The summed E-state index contributed by atoms with van der Waals surface area (Å²) < 4.78 is 13.0. The van der Waals surface area contributed by atoms with Gasteiger partial charge in [-0.25, -0.2) is 14.4 Å². The first-order valence-electron chi connectivity index (χ1n) is 5.12. The highest BCUT2D eigenvalue weighted by Gasteiger charge is 2.02. The van der Waals surface area contributed by atoms with E-state index in [0.717, 1.165) is 11.1 Å². The Morgan fingerprint density at radius 3 is 3.00 bits per heavy atom. The van der Waals surface area contributed by atoms with Gasteiger partial charge in [-0.15, -0.1) is 0 Å². The maximum atomic E-state index is 13.0. The summed E-state index contributed by atoms with van der Waals surface area (Å²) in [5.41, 5.74) is 1.74. The maximum absolute atomic E-state index is 13.0. The highest BCUT2D eigenvalue weighted by atomic mass is 35.5. The molecule has 0 aliphatic carbocycles. The molecule has 0 spiro atoms. The summed E-state index contributed by atoms with van der Waals surface area (Å²) in [4.78, 5) is 7.92. The molecule has 1 N–H and O–H groups in total. The average Bonchev–Trinajstić information content (AvgIpc) is 2.30. The maximum Gasteiger partial charge on any atom is 0.224 e. The molecule has 0 saturated heterocycles. The molecule has 0 bridgehead atoms. The van der Waals surface area contributed by atoms with Gasteiger partial charge in [-0.05, 0) is 36.2 Å². The molecule has 17 heavy (non-hydrogen) atoms. The molecule has 0 atom stereocenters. The molecular formula is C12H11ClFN3. The lowest BCUT2D eigenvalue weighted by Gasteiger charge is -2.08. The van der Waals surface area contributed by atoms with Gasteiger partial charge >= 0.3 is 0 Å². The highest BCUT2D eigenvalue weighted by Crippen LogP contribution is 2.14. The number of aromatic nitrogens is 2. The average molecular weight is 252 g/mol. The fourth-order valence-electron chi connectivity index (χ4n) is 1.43. The summed E-state index contributed by atoms with van der Waals surface area (Å²) in [5.74, 6) is 0.413. The van der Waals surface area contributed by atoms with Crippen molar-refractivity contribution in [3.05, 3.63) is 52.7 Å². The predicted octanol–water partition coefficient (Wildman–Crippen LogP) is 3.19. The SMILES string of the molecule is Cc1cnc(Cl)nc1NCc1cccc(F)c1. The lowest BCUT2D eigenvalue weighted by molar-refractivity contribution is 0.626. The van der Waals surface area contributed by atoms with E-state index in [1.165, 1.54) is 12.1 Å². The normalized spacial score (nSPS) is 10.3. The summed E-state index contributed by atoms with van der Waals surface area (Å²) in [6, 6.07) is 6.40. The molecule has 0 unspecified atom stereocenters. The van der Waals surface area contributed by atoms with Gasteiger partial charge in [0.2, 0.25) is 5.28 Å². The molecule has 1 heterocycles. The minimum Gasteiger partial charge on any atom is -0.366 e. The van der Waals surface area contributed by atoms with Gasteiger partial charge in [-0.1, -0.05) is 12.1 Å². The van der Waals surface area contributed by atoms with Crippen LogP contribution in [0.4, 0.5) is 10.2 Å². The van der Waals surface area contributed by atoms with Crippen LogP contribution in [0.1, 0.15) is 11.1 Å². The zero-order valence-electron chi connectivity index (χ0n) is 9.24. The van der Waals surface area contributed by atoms with Crippen molar-refractivity contribution in [3.63, 3.8) is 0 Å². The van der Waals surface area contributed by atoms with E-state index in [-0.39, 0.29) is 11.1 Å². The Labute approximate surface area is 104 Å². The van der Waals surface area contributed by atoms with E-state index in [9.17, 15) is 4.39 Å². The Balaban J connectivity index is 2.09. The number of nitrogens with zero attached hydrogens (tertiary/aromatic N) is 2. The first kappa shape index (κ1) is 11.8. The van der Waals surface area contributed by atoms with Crippen LogP contribution in [-0.4, -0.2) is 9.97 Å². The molecule has 0 amide bonds. The van der Waals surface area contributed by atoms with Crippen LogP contribution < -0.4 is 5.32 Å². The quantitative estimate of drug-likeness (QED) is 0.852. The van der Waals surface area contributed by atoms with Crippen molar-refractivity contribution in [2.75, 3.05) is 5.32 Å². The van der Waals surface area contributed by atoms with E-state index in [4.69, 9.17) is 11.6 Å². The second kappa shape index (κ2) is 5.10. The van der Waals surface area contributed by atoms with Crippen molar-refractivity contribution in [3.8, 4) is 0 Å². The van der Waals surface area contributed by atoms with Crippen molar-refractivity contribution in [2.24, 2.45) is 0 Å². The Morgan fingerprint density at radius 1 is 1.41 bits per heavy atom. The van der Waals surface area contributed by atoms with Crippen LogP contribution in [0.5, 0.6) is 0 Å². The minimum atomic E-state index is -0.248. The molecule has 88 valence electrons. The number of hydrogen-bond donors (Lipinski definition) is 1. The van der Waals surface area contributed by atoms with E-state index in [2.05, 4.69) is 15.3 Å². The standard InChI is InChI=1S/C12H11ClFN3/c1-8-6-16-12(13)17-11(8)15-7-9-3-2-4-10(14)5-9/h2-6H,7H2,1H3,(H,15,16,17). The third-order valence-corrected chi connectivity index (χ3v) is 2.47. The van der Waals surface area contributed by atoms with Gasteiger partial charge in [0.05, 0.1) is 0 Å². The molecule has 0 radical (unpaired) electrons. The van der Waals surface area contributed by atoms with Gasteiger partial charge in [0.25, 0.3) is 0 Å². The number of benzene rings is 1. The minimum absolute atomic E-state index is 0.192. The number of halogens is 2. The monoisotopic (exact) mass is 251 g/mol. The van der Waals surface area contributed by atoms with Gasteiger partial charge < -0.3 is 5.32 Å². The number of anilines is 1. The molecule has 0 saturated carbocycles. The lowest BCUT2D eigenvalue weighted by atomic mass is 10.2. The van der Waals surface area contributed by atoms with Gasteiger partial charge in [0, 0.05) is 18.3 Å². The van der Waals surface area contributed by atoms with Crippen molar-refractivity contribution in [1.82, 2.24) is 9.97 Å². The third kappa shape index (κ3) is 3.14. The van der Waals surface area contributed by atoms with Gasteiger partial charge in [-0.3, -0.25) is 0 Å². The van der Waals surface area contributed by atoms with Crippen LogP contribution in [0.2, 0.25) is 5.28 Å². The molecule has 5 heteroatoms. The molecule has 2 aromatic rings. The largest absolute Gasteiger partial charge is 0.366 e. The van der Waals surface area contributed by atoms with Crippen LogP contribution in [0.25, 0.3) is 0 Å². The number of aryl methyl sites for hydroxylation is 1. The van der Waals surface area contributed by atoms with Crippen molar-refractivity contribution in [1.29, 1.82) is 0 Å². The molecular weight excluding hydrogens is 241 g/mol. The second-order valence-electron chi connectivity index (χ2n) is 3.65. The van der Waals surface area contributed by atoms with Crippen LogP contribution in [0, 0.1) is 12.7 Å². The Hall–Kier alpha value is -1.68. The molecule has 0 fully saturated rings. The van der Waals surface area contributed by atoms with Gasteiger partial charge in [0.1, 0.15) is 11.6 Å². The zero-order valence-corrected chi connectivity index (χ0v) is 10.0. The molecule has 3 nitrogen and oxygen atoms in total. The molecule has 0 aliphatic heterocycles. The van der Waals surface area contributed by atoms with Crippen LogP contribution in [0.3, 0.4) is 0 Å². The fourth-order valence-corrected chi connectivity index (χ4v) is 1.57. The topological polar surface area (TPSA) is 37.8 Å². The summed E-state index contributed by atoms with van der Waals surface area (Å²) in [5, 5.41) is 3.29. The second-order valence-corrected chi connectivity index (χ2v) is 3.99. The Kier molecular flexibility index (Phi) is 3.54. The molecule has 1 aromatic carbocycles. The van der Waals surface area contributed by atoms with Crippen LogP contribution >= 0.6 is 11.6 Å². The predicted molar refractivity (Wildman–Crippen MR) is 65.5 cm³/mol. The summed E-state index contributed by atoms with van der Waals surface area (Å²) in [6.07, 6.45) is 1.64. The summed E-state index contributed by atoms with van der Waals surface area (Å²) >= 11 is 5.70. The zero-order chi connectivity index (χ0) is 12.3. The van der Waals surface area contributed by atoms with Crippen molar-refractivity contribution < 1.29 is 4.39 Å². The van der Waals surface area contributed by atoms with Crippen molar-refractivity contribution >= 4 is 17.4 Å². The van der Waals surface area contributed by atoms with Crippen LogP contribution in [-0.2, 0) is 6.54 Å². The lowest BCUT2D eigenvalue weighted by Crippen LogP contribution is -2.04. The van der Waals surface area contributed by atoms with Crippen molar-refractivity contribution in [2.45, 2.75) is 13.5 Å². The first-order valence-corrected chi connectivity index (χ1v) is 5.50. The van der Waals surface area contributed by atoms with E-state index >= 15 is 0 Å². The van der Waals surface area contributed by atoms with E-state index in [1.54, 1.807) is 12.3 Å². The molecule has 2 rings (SSSR count). The van der Waals surface area contributed by atoms with Crippen LogP contribution in [0.15, 0.2) is 30.5 Å². The third-order valence-electron chi connectivity index (χ3n) is 2.29. The van der Waals surface area contributed by atoms with E-state index in [0.29, 0.717) is 12.4 Å². The number of hydrogen-bond acceptors (Lipinski definition) is 3. The van der Waals surface area contributed by atoms with E-state index < -0.39 is 0 Å². The number of nitrogens with one attached hydrogen (secondary N) is 1. The smallest absolute Gasteiger partial charge is 0.224 e. The fraction of sp³-hybridized carbons (Fsp3) is 0.167. The van der Waals surface area contributed by atoms with E-state index in [1.807, 2.05) is 13.0 Å². The Morgan fingerprint density at radius 2 is 2.24 bits per heavy atom. The number of rotatable bonds is 3. The molecule has 0 aliphatic rings.